The normalized spacial score (nSPS) is 25.0. The highest BCUT2D eigenvalue weighted by Crippen LogP contribution is 2.43. The van der Waals surface area contributed by atoms with Gasteiger partial charge in [0.25, 0.3) is 0 Å². The highest BCUT2D eigenvalue weighted by Gasteiger charge is 2.30. The lowest BCUT2D eigenvalue weighted by atomic mass is 9.68. The molecule has 0 N–H and O–H groups in total. The summed E-state index contributed by atoms with van der Waals surface area (Å²) in [6.45, 7) is 6.02. The highest BCUT2D eigenvalue weighted by molar-refractivity contribution is 5.85. The summed E-state index contributed by atoms with van der Waals surface area (Å²) in [4.78, 5) is 0. The van der Waals surface area contributed by atoms with E-state index in [9.17, 15) is 8.78 Å². The molecule has 0 aliphatic heterocycles. The van der Waals surface area contributed by atoms with Gasteiger partial charge in [0, 0.05) is 5.39 Å². The number of fused-ring (bicyclic) bond motifs is 1. The molecule has 1 nitrogen and oxygen atoms in total. The van der Waals surface area contributed by atoms with Gasteiger partial charge in [-0.3, -0.25) is 0 Å². The van der Waals surface area contributed by atoms with E-state index < -0.39 is 11.6 Å². The molecule has 3 heteroatoms. The van der Waals surface area contributed by atoms with Crippen LogP contribution in [0.1, 0.15) is 96.0 Å². The lowest BCUT2D eigenvalue weighted by Gasteiger charge is -2.38. The smallest absolute Gasteiger partial charge is 0.201 e. The van der Waals surface area contributed by atoms with Crippen molar-refractivity contribution >= 4 is 10.8 Å². The fourth-order valence-electron chi connectivity index (χ4n) is 6.71. The van der Waals surface area contributed by atoms with Gasteiger partial charge < -0.3 is 4.74 Å². The first-order chi connectivity index (χ1) is 17.1. The zero-order valence-corrected chi connectivity index (χ0v) is 21.7. The van der Waals surface area contributed by atoms with Gasteiger partial charge in [-0.1, -0.05) is 83.1 Å². The summed E-state index contributed by atoms with van der Waals surface area (Å²) in [5.41, 5.74) is 1.10. The molecule has 0 aromatic heterocycles. The molecule has 2 aliphatic rings. The second-order valence-electron chi connectivity index (χ2n) is 11.3. The molecule has 35 heavy (non-hydrogen) atoms. The largest absolute Gasteiger partial charge is 0.486 e. The summed E-state index contributed by atoms with van der Waals surface area (Å²) >= 11 is 0. The first-order valence-corrected chi connectivity index (χ1v) is 14.2. The highest BCUT2D eigenvalue weighted by atomic mass is 19.2. The van der Waals surface area contributed by atoms with E-state index >= 15 is 0 Å². The van der Waals surface area contributed by atoms with E-state index in [1.54, 1.807) is 6.07 Å². The zero-order valence-electron chi connectivity index (χ0n) is 21.7. The molecule has 0 atom stereocenters. The quantitative estimate of drug-likeness (QED) is 0.229. The molecule has 2 fully saturated rings. The number of aryl methyl sites for hydroxylation is 1. The third-order valence-electron chi connectivity index (χ3n) is 8.91. The van der Waals surface area contributed by atoms with Crippen molar-refractivity contribution in [1.82, 2.24) is 0 Å². The first-order valence-electron chi connectivity index (χ1n) is 14.2. The molecule has 2 saturated carbocycles. The van der Waals surface area contributed by atoms with Crippen molar-refractivity contribution in [1.29, 1.82) is 0 Å². The van der Waals surface area contributed by atoms with Crippen LogP contribution in [0.2, 0.25) is 0 Å². The maximum absolute atomic E-state index is 14.7. The van der Waals surface area contributed by atoms with Gasteiger partial charge in [-0.05, 0) is 85.3 Å². The average molecular weight is 483 g/mol. The van der Waals surface area contributed by atoms with Gasteiger partial charge in [-0.2, -0.15) is 4.39 Å². The fraction of sp³-hybridized carbons (Fsp3) is 0.625. The van der Waals surface area contributed by atoms with E-state index in [0.717, 1.165) is 42.1 Å². The molecular formula is C32H44F2O. The molecule has 0 bridgehead atoms. The Morgan fingerprint density at radius 3 is 2.14 bits per heavy atom. The third-order valence-corrected chi connectivity index (χ3v) is 8.91. The monoisotopic (exact) mass is 482 g/mol. The molecule has 2 aromatic carbocycles. The van der Waals surface area contributed by atoms with Crippen LogP contribution >= 0.6 is 0 Å². The minimum atomic E-state index is -0.912. The molecule has 2 aromatic rings. The molecule has 4 rings (SSSR count). The molecule has 0 heterocycles. The van der Waals surface area contributed by atoms with Crippen molar-refractivity contribution in [3.8, 4) is 5.75 Å². The molecule has 0 amide bonds. The Hall–Kier alpha value is -1.90. The number of hydrogen-bond acceptors (Lipinski definition) is 1. The van der Waals surface area contributed by atoms with Crippen LogP contribution in [0.4, 0.5) is 8.78 Å². The van der Waals surface area contributed by atoms with Crippen molar-refractivity contribution < 1.29 is 13.5 Å². The minimum Gasteiger partial charge on any atom is -0.486 e. The average Bonchev–Trinajstić information content (AvgIpc) is 2.90. The molecule has 0 spiro atoms. The molecule has 192 valence electrons. The molecule has 0 saturated heterocycles. The van der Waals surface area contributed by atoms with Crippen LogP contribution in [-0.2, 0) is 6.42 Å². The summed E-state index contributed by atoms with van der Waals surface area (Å²) in [6.07, 6.45) is 20.6. The van der Waals surface area contributed by atoms with Gasteiger partial charge in [0.05, 0.1) is 0 Å². The minimum absolute atomic E-state index is 0.0515. The number of rotatable bonds is 11. The topological polar surface area (TPSA) is 9.23 Å². The van der Waals surface area contributed by atoms with E-state index in [-0.39, 0.29) is 12.4 Å². The zero-order chi connectivity index (χ0) is 24.6. The van der Waals surface area contributed by atoms with Crippen molar-refractivity contribution in [2.75, 3.05) is 6.61 Å². The first kappa shape index (κ1) is 26.2. The van der Waals surface area contributed by atoms with E-state index in [1.165, 1.54) is 83.1 Å². The molecule has 2 aliphatic carbocycles. The lowest BCUT2D eigenvalue weighted by Crippen LogP contribution is -2.26. The SMILES string of the molecule is C=CCOc1cc2ccc(CCC3CCC(C4CCC(CCCCC)CC4)CC3)cc2c(F)c1F. The van der Waals surface area contributed by atoms with Gasteiger partial charge >= 0.3 is 0 Å². The second-order valence-corrected chi connectivity index (χ2v) is 11.3. The molecular weight excluding hydrogens is 438 g/mol. The van der Waals surface area contributed by atoms with Crippen LogP contribution in [0.5, 0.6) is 5.75 Å². The van der Waals surface area contributed by atoms with Gasteiger partial charge in [0.15, 0.2) is 11.6 Å². The predicted molar refractivity (Wildman–Crippen MR) is 143 cm³/mol. The molecule has 0 unspecified atom stereocenters. The number of benzene rings is 2. The van der Waals surface area contributed by atoms with Crippen LogP contribution in [-0.4, -0.2) is 6.61 Å². The fourth-order valence-corrected chi connectivity index (χ4v) is 6.71. The number of unbranched alkanes of at least 4 members (excludes halogenated alkanes) is 2. The summed E-state index contributed by atoms with van der Waals surface area (Å²) in [6, 6.07) is 7.36. The second kappa shape index (κ2) is 12.9. The summed E-state index contributed by atoms with van der Waals surface area (Å²) in [5, 5.41) is 1.02. The van der Waals surface area contributed by atoms with Crippen LogP contribution in [0.3, 0.4) is 0 Å². The Labute approximate surface area is 211 Å². The summed E-state index contributed by atoms with van der Waals surface area (Å²) in [5.74, 6) is 1.90. The van der Waals surface area contributed by atoms with E-state index in [1.807, 2.05) is 12.1 Å². The standard InChI is InChI=1S/C32H44F2O/c1-3-5-6-7-23-10-15-26(16-11-23)27-17-12-24(13-18-27)8-9-25-14-19-28-22-30(35-20-4-2)32(34)31(33)29(28)21-25/h4,14,19,21-24,26-27H,2-3,5-13,15-18,20H2,1H3. The maximum atomic E-state index is 14.7. The van der Waals surface area contributed by atoms with Crippen LogP contribution in [0.15, 0.2) is 36.9 Å². The van der Waals surface area contributed by atoms with Crippen molar-refractivity contribution in [2.24, 2.45) is 23.7 Å². The van der Waals surface area contributed by atoms with Crippen molar-refractivity contribution in [3.05, 3.63) is 54.1 Å². The van der Waals surface area contributed by atoms with Gasteiger partial charge in [-0.15, -0.1) is 0 Å². The van der Waals surface area contributed by atoms with E-state index in [2.05, 4.69) is 19.6 Å². The van der Waals surface area contributed by atoms with Gasteiger partial charge in [-0.25, -0.2) is 4.39 Å². The van der Waals surface area contributed by atoms with Crippen molar-refractivity contribution in [2.45, 2.75) is 96.8 Å². The van der Waals surface area contributed by atoms with Gasteiger partial charge in [0.2, 0.25) is 5.82 Å². The maximum Gasteiger partial charge on any atom is 0.201 e. The predicted octanol–water partition coefficient (Wildman–Crippen LogP) is 9.81. The number of halogens is 2. The lowest BCUT2D eigenvalue weighted by molar-refractivity contribution is 0.140. The summed E-state index contributed by atoms with van der Waals surface area (Å²) in [7, 11) is 0. The number of ether oxygens (including phenoxy) is 1. The van der Waals surface area contributed by atoms with Crippen LogP contribution in [0.25, 0.3) is 10.8 Å². The van der Waals surface area contributed by atoms with Gasteiger partial charge in [0.1, 0.15) is 6.61 Å². The third kappa shape index (κ3) is 6.86. The van der Waals surface area contributed by atoms with Crippen molar-refractivity contribution in [3.63, 3.8) is 0 Å². The number of hydrogen-bond donors (Lipinski definition) is 0. The van der Waals surface area contributed by atoms with Crippen LogP contribution < -0.4 is 4.74 Å². The molecule has 0 radical (unpaired) electrons. The van der Waals surface area contributed by atoms with E-state index in [4.69, 9.17) is 4.74 Å². The Kier molecular flexibility index (Phi) is 9.63. The van der Waals surface area contributed by atoms with Crippen LogP contribution in [0, 0.1) is 35.3 Å². The summed E-state index contributed by atoms with van der Waals surface area (Å²) < 4.78 is 34.4. The Morgan fingerprint density at radius 1 is 0.857 bits per heavy atom. The Bertz CT molecular complexity index is 952. The Balaban J connectivity index is 1.24. The van der Waals surface area contributed by atoms with E-state index in [0.29, 0.717) is 10.8 Å². The Morgan fingerprint density at radius 2 is 1.51 bits per heavy atom.